The van der Waals surface area contributed by atoms with Crippen LogP contribution in [0.25, 0.3) is 10.8 Å². The summed E-state index contributed by atoms with van der Waals surface area (Å²) in [6.45, 7) is 0. The number of nitro benzene ring substituents is 1. The molecule has 0 aromatic heterocycles. The van der Waals surface area contributed by atoms with E-state index in [4.69, 9.17) is 0 Å². The number of nitrogens with zero attached hydrogens (tertiary/aromatic N) is 2. The van der Waals surface area contributed by atoms with E-state index in [1.165, 1.54) is 18.2 Å². The fraction of sp³-hybridized carbons (Fsp3) is 0. The summed E-state index contributed by atoms with van der Waals surface area (Å²) >= 11 is 0. The predicted molar refractivity (Wildman–Crippen MR) is 93.8 cm³/mol. The Hall–Kier alpha value is -3.74. The van der Waals surface area contributed by atoms with Gasteiger partial charge in [0, 0.05) is 23.3 Å². The highest BCUT2D eigenvalue weighted by molar-refractivity contribution is 5.99. The third kappa shape index (κ3) is 3.61. The molecule has 0 saturated heterocycles. The fourth-order valence-electron chi connectivity index (χ4n) is 2.31. The van der Waals surface area contributed by atoms with Gasteiger partial charge in [-0.2, -0.15) is 5.10 Å². The summed E-state index contributed by atoms with van der Waals surface area (Å²) in [7, 11) is 0. The van der Waals surface area contributed by atoms with Gasteiger partial charge in [-0.25, -0.2) is 5.43 Å². The Morgan fingerprint density at radius 3 is 2.60 bits per heavy atom. The average Bonchev–Trinajstić information content (AvgIpc) is 2.62. The van der Waals surface area contributed by atoms with E-state index in [2.05, 4.69) is 10.5 Å². The number of rotatable bonds is 4. The number of fused-ring (bicyclic) bond motifs is 1. The first kappa shape index (κ1) is 16.1. The van der Waals surface area contributed by atoms with E-state index in [0.29, 0.717) is 5.56 Å². The van der Waals surface area contributed by atoms with Crippen LogP contribution in [0.5, 0.6) is 5.75 Å². The Morgan fingerprint density at radius 2 is 1.84 bits per heavy atom. The zero-order valence-corrected chi connectivity index (χ0v) is 12.9. The van der Waals surface area contributed by atoms with Crippen molar-refractivity contribution in [3.8, 4) is 5.75 Å². The number of aromatic hydroxyl groups is 1. The predicted octanol–water partition coefficient (Wildman–Crippen LogP) is 3.22. The minimum atomic E-state index is -0.579. The third-order valence-electron chi connectivity index (χ3n) is 3.60. The Morgan fingerprint density at radius 1 is 1.08 bits per heavy atom. The van der Waals surface area contributed by atoms with E-state index >= 15 is 0 Å². The average molecular weight is 335 g/mol. The van der Waals surface area contributed by atoms with Crippen LogP contribution in [-0.2, 0) is 0 Å². The molecule has 0 unspecified atom stereocenters. The summed E-state index contributed by atoms with van der Waals surface area (Å²) in [5.41, 5.74) is 2.72. The Labute approximate surface area is 142 Å². The summed E-state index contributed by atoms with van der Waals surface area (Å²) in [6, 6.07) is 16.4. The standard InChI is InChI=1S/C18H13N3O4/c22-17-8-7-16(21(24)25)10-15(17)11-19-20-18(23)14-6-5-12-3-1-2-4-13(12)9-14/h1-11,22H,(H,20,23)/b19-11-. The van der Waals surface area contributed by atoms with E-state index in [-0.39, 0.29) is 17.0 Å². The van der Waals surface area contributed by atoms with Crippen molar-refractivity contribution in [3.63, 3.8) is 0 Å². The van der Waals surface area contributed by atoms with Crippen molar-refractivity contribution < 1.29 is 14.8 Å². The van der Waals surface area contributed by atoms with Crippen molar-refractivity contribution in [3.05, 3.63) is 81.9 Å². The van der Waals surface area contributed by atoms with Gasteiger partial charge in [-0.3, -0.25) is 14.9 Å². The second kappa shape index (κ2) is 6.79. The molecule has 0 aliphatic heterocycles. The van der Waals surface area contributed by atoms with Gasteiger partial charge in [0.15, 0.2) is 0 Å². The van der Waals surface area contributed by atoms with E-state index in [9.17, 15) is 20.0 Å². The maximum absolute atomic E-state index is 12.1. The van der Waals surface area contributed by atoms with Gasteiger partial charge < -0.3 is 5.11 Å². The normalized spacial score (nSPS) is 10.9. The van der Waals surface area contributed by atoms with Crippen molar-refractivity contribution in [2.24, 2.45) is 5.10 Å². The first-order valence-electron chi connectivity index (χ1n) is 7.34. The van der Waals surface area contributed by atoms with Gasteiger partial charge in [0.1, 0.15) is 5.75 Å². The smallest absolute Gasteiger partial charge is 0.271 e. The molecule has 0 spiro atoms. The number of phenolic OH excluding ortho intramolecular Hbond substituents is 1. The summed E-state index contributed by atoms with van der Waals surface area (Å²) in [6.07, 6.45) is 1.15. The van der Waals surface area contributed by atoms with Crippen LogP contribution in [0.4, 0.5) is 5.69 Å². The fourth-order valence-corrected chi connectivity index (χ4v) is 2.31. The second-order valence-electron chi connectivity index (χ2n) is 5.26. The molecule has 25 heavy (non-hydrogen) atoms. The highest BCUT2D eigenvalue weighted by atomic mass is 16.6. The van der Waals surface area contributed by atoms with Gasteiger partial charge in [-0.15, -0.1) is 0 Å². The number of carbonyl (C=O) groups is 1. The zero-order valence-electron chi connectivity index (χ0n) is 12.9. The summed E-state index contributed by atoms with van der Waals surface area (Å²) in [5.74, 6) is -0.596. The Bertz CT molecular complexity index is 999. The highest BCUT2D eigenvalue weighted by Crippen LogP contribution is 2.21. The second-order valence-corrected chi connectivity index (χ2v) is 5.26. The molecule has 0 bridgehead atoms. The van der Waals surface area contributed by atoms with Crippen molar-refractivity contribution in [2.45, 2.75) is 0 Å². The Kier molecular flexibility index (Phi) is 4.38. The van der Waals surface area contributed by atoms with Gasteiger partial charge in [0.25, 0.3) is 11.6 Å². The molecule has 0 heterocycles. The molecule has 0 radical (unpaired) electrons. The molecule has 0 fully saturated rings. The lowest BCUT2D eigenvalue weighted by molar-refractivity contribution is -0.384. The summed E-state index contributed by atoms with van der Waals surface area (Å²) < 4.78 is 0. The van der Waals surface area contributed by atoms with Crippen molar-refractivity contribution in [2.75, 3.05) is 0 Å². The quantitative estimate of drug-likeness (QED) is 0.434. The maximum Gasteiger partial charge on any atom is 0.271 e. The van der Waals surface area contributed by atoms with Gasteiger partial charge in [0.2, 0.25) is 0 Å². The van der Waals surface area contributed by atoms with Crippen molar-refractivity contribution >= 4 is 28.6 Å². The number of carbonyl (C=O) groups excluding carboxylic acids is 1. The van der Waals surface area contributed by atoms with Gasteiger partial charge in [-0.05, 0) is 29.0 Å². The van der Waals surface area contributed by atoms with Crippen LogP contribution in [0.3, 0.4) is 0 Å². The number of amides is 1. The molecule has 7 heteroatoms. The first-order valence-corrected chi connectivity index (χ1v) is 7.34. The molecule has 3 aromatic carbocycles. The van der Waals surface area contributed by atoms with Crippen LogP contribution < -0.4 is 5.43 Å². The molecule has 124 valence electrons. The highest BCUT2D eigenvalue weighted by Gasteiger charge is 2.09. The SMILES string of the molecule is O=C(N/N=C\c1cc([N+](=O)[O-])ccc1O)c1ccc2ccccc2c1. The van der Waals surface area contributed by atoms with Gasteiger partial charge in [-0.1, -0.05) is 30.3 Å². The summed E-state index contributed by atoms with van der Waals surface area (Å²) in [5, 5.41) is 26.1. The molecular formula is C18H13N3O4. The number of hydrazone groups is 1. The number of non-ortho nitro benzene ring substituents is 1. The lowest BCUT2D eigenvalue weighted by atomic mass is 10.1. The maximum atomic E-state index is 12.1. The van der Waals surface area contributed by atoms with E-state index in [0.717, 1.165) is 17.0 Å². The number of benzene rings is 3. The molecule has 0 atom stereocenters. The molecule has 1 amide bonds. The van der Waals surface area contributed by atoms with Crippen LogP contribution in [0.15, 0.2) is 65.8 Å². The number of nitrogens with one attached hydrogen (secondary N) is 1. The molecule has 0 aliphatic carbocycles. The minimum Gasteiger partial charge on any atom is -0.507 e. The van der Waals surface area contributed by atoms with Crippen molar-refractivity contribution in [1.82, 2.24) is 5.43 Å². The molecule has 2 N–H and O–H groups in total. The molecule has 3 rings (SSSR count). The number of hydrogen-bond donors (Lipinski definition) is 2. The first-order chi connectivity index (χ1) is 12.0. The van der Waals surface area contributed by atoms with Gasteiger partial charge >= 0.3 is 0 Å². The van der Waals surface area contributed by atoms with Crippen LogP contribution in [0.1, 0.15) is 15.9 Å². The molecular weight excluding hydrogens is 322 g/mol. The van der Waals surface area contributed by atoms with Crippen LogP contribution in [0, 0.1) is 10.1 Å². The monoisotopic (exact) mass is 335 g/mol. The number of phenols is 1. The van der Waals surface area contributed by atoms with Crippen LogP contribution >= 0.6 is 0 Å². The van der Waals surface area contributed by atoms with Gasteiger partial charge in [0.05, 0.1) is 11.1 Å². The number of nitro groups is 1. The van der Waals surface area contributed by atoms with E-state index < -0.39 is 10.8 Å². The molecule has 0 aliphatic rings. The topological polar surface area (TPSA) is 105 Å². The number of hydrogen-bond acceptors (Lipinski definition) is 5. The largest absolute Gasteiger partial charge is 0.507 e. The minimum absolute atomic E-state index is 0.132. The molecule has 7 nitrogen and oxygen atoms in total. The Balaban J connectivity index is 1.76. The third-order valence-corrected chi connectivity index (χ3v) is 3.60. The lowest BCUT2D eigenvalue weighted by Crippen LogP contribution is -2.17. The molecule has 0 saturated carbocycles. The van der Waals surface area contributed by atoms with E-state index in [1.54, 1.807) is 12.1 Å². The van der Waals surface area contributed by atoms with Crippen LogP contribution in [0.2, 0.25) is 0 Å². The van der Waals surface area contributed by atoms with Crippen LogP contribution in [-0.4, -0.2) is 22.2 Å². The van der Waals surface area contributed by atoms with E-state index in [1.807, 2.05) is 30.3 Å². The molecule has 3 aromatic rings. The summed E-state index contributed by atoms with van der Waals surface area (Å²) in [4.78, 5) is 22.3. The lowest BCUT2D eigenvalue weighted by Gasteiger charge is -2.03. The zero-order chi connectivity index (χ0) is 17.8. The van der Waals surface area contributed by atoms with Crippen molar-refractivity contribution in [1.29, 1.82) is 0 Å².